The smallest absolute Gasteiger partial charge is 0.253 e. The molecule has 0 aliphatic carbocycles. The van der Waals surface area contributed by atoms with Crippen LogP contribution in [0.3, 0.4) is 0 Å². The normalized spacial score (nSPS) is 15.9. The summed E-state index contributed by atoms with van der Waals surface area (Å²) in [6.45, 7) is 1.94. The van der Waals surface area contributed by atoms with E-state index in [0.29, 0.717) is 25.3 Å². The van der Waals surface area contributed by atoms with Crippen LogP contribution in [0, 0.1) is 0 Å². The number of fused-ring (bicyclic) bond motifs is 1. The minimum absolute atomic E-state index is 0.0938. The molecule has 0 unspecified atom stereocenters. The molecule has 1 saturated heterocycles. The van der Waals surface area contributed by atoms with Crippen LogP contribution in [0.2, 0.25) is 0 Å². The Hall–Kier alpha value is -2.92. The predicted molar refractivity (Wildman–Crippen MR) is 109 cm³/mol. The van der Waals surface area contributed by atoms with Gasteiger partial charge < -0.3 is 14.8 Å². The molecule has 1 N–H and O–H groups in total. The Labute approximate surface area is 164 Å². The van der Waals surface area contributed by atoms with Gasteiger partial charge in [0, 0.05) is 36.8 Å². The highest BCUT2D eigenvalue weighted by Crippen LogP contribution is 2.35. The molecule has 0 spiro atoms. The Morgan fingerprint density at radius 2 is 1.86 bits per heavy atom. The van der Waals surface area contributed by atoms with Crippen molar-refractivity contribution in [1.82, 2.24) is 10.3 Å². The van der Waals surface area contributed by atoms with Crippen LogP contribution in [0.5, 0.6) is 5.75 Å². The molecule has 0 radical (unpaired) electrons. The number of carbonyl (C=O) groups excluding carboxylic acids is 1. The average Bonchev–Trinajstić information content (AvgIpc) is 2.78. The third-order valence-corrected chi connectivity index (χ3v) is 5.62. The summed E-state index contributed by atoms with van der Waals surface area (Å²) in [5, 5.41) is 4.13. The van der Waals surface area contributed by atoms with E-state index in [2.05, 4.69) is 22.4 Å². The second kappa shape index (κ2) is 7.98. The molecular weight excluding hydrogens is 352 g/mol. The molecule has 0 atom stereocenters. The SMILES string of the molecule is COc1ccc(C2(CNC(=O)c3cccc4cccnc34)CCOCC2)cc1. The number of hydrogen-bond acceptors (Lipinski definition) is 4. The number of para-hydroxylation sites is 1. The molecule has 1 aliphatic rings. The lowest BCUT2D eigenvalue weighted by molar-refractivity contribution is 0.0487. The van der Waals surface area contributed by atoms with Gasteiger partial charge in [-0.25, -0.2) is 0 Å². The molecule has 1 amide bonds. The largest absolute Gasteiger partial charge is 0.497 e. The Balaban J connectivity index is 1.58. The van der Waals surface area contributed by atoms with Gasteiger partial charge in [0.05, 0.1) is 18.2 Å². The molecule has 2 aromatic carbocycles. The first-order valence-corrected chi connectivity index (χ1v) is 9.56. The van der Waals surface area contributed by atoms with Crippen LogP contribution in [0.25, 0.3) is 10.9 Å². The highest BCUT2D eigenvalue weighted by molar-refractivity contribution is 6.05. The fourth-order valence-electron chi connectivity index (χ4n) is 3.91. The van der Waals surface area contributed by atoms with Crippen LogP contribution in [-0.2, 0) is 10.2 Å². The summed E-state index contributed by atoms with van der Waals surface area (Å²) in [7, 11) is 1.66. The number of nitrogens with one attached hydrogen (secondary N) is 1. The molecule has 144 valence electrons. The summed E-state index contributed by atoms with van der Waals surface area (Å²) in [6.07, 6.45) is 3.46. The second-order valence-electron chi connectivity index (χ2n) is 7.18. The third-order valence-electron chi connectivity index (χ3n) is 5.62. The van der Waals surface area contributed by atoms with E-state index in [1.54, 1.807) is 13.3 Å². The highest BCUT2D eigenvalue weighted by atomic mass is 16.5. The van der Waals surface area contributed by atoms with Gasteiger partial charge in [-0.15, -0.1) is 0 Å². The van der Waals surface area contributed by atoms with Crippen molar-refractivity contribution in [3.8, 4) is 5.75 Å². The summed E-state index contributed by atoms with van der Waals surface area (Å²) in [5.41, 5.74) is 2.40. The van der Waals surface area contributed by atoms with E-state index in [0.717, 1.165) is 29.5 Å². The van der Waals surface area contributed by atoms with Gasteiger partial charge in [0.1, 0.15) is 5.75 Å². The number of rotatable bonds is 5. The number of amides is 1. The zero-order valence-corrected chi connectivity index (χ0v) is 16.0. The minimum atomic E-state index is -0.141. The third kappa shape index (κ3) is 3.58. The van der Waals surface area contributed by atoms with Crippen LogP contribution < -0.4 is 10.1 Å². The van der Waals surface area contributed by atoms with Crippen molar-refractivity contribution in [3.63, 3.8) is 0 Å². The van der Waals surface area contributed by atoms with Crippen LogP contribution >= 0.6 is 0 Å². The van der Waals surface area contributed by atoms with E-state index in [-0.39, 0.29) is 11.3 Å². The van der Waals surface area contributed by atoms with Crippen molar-refractivity contribution in [2.45, 2.75) is 18.3 Å². The molecule has 2 heterocycles. The van der Waals surface area contributed by atoms with Crippen molar-refractivity contribution < 1.29 is 14.3 Å². The van der Waals surface area contributed by atoms with Gasteiger partial charge in [0.25, 0.3) is 5.91 Å². The summed E-state index contributed by atoms with van der Waals surface area (Å²) in [4.78, 5) is 17.4. The predicted octanol–water partition coefficient (Wildman–Crippen LogP) is 3.72. The second-order valence-corrected chi connectivity index (χ2v) is 7.18. The Morgan fingerprint density at radius 3 is 2.61 bits per heavy atom. The van der Waals surface area contributed by atoms with Crippen LogP contribution in [-0.4, -0.2) is 37.8 Å². The first kappa shape index (κ1) is 18.4. The van der Waals surface area contributed by atoms with E-state index >= 15 is 0 Å². The Bertz CT molecular complexity index is 958. The number of hydrogen-bond donors (Lipinski definition) is 1. The summed E-state index contributed by atoms with van der Waals surface area (Å²) in [5.74, 6) is 0.737. The fourth-order valence-corrected chi connectivity index (χ4v) is 3.91. The van der Waals surface area contributed by atoms with E-state index in [4.69, 9.17) is 9.47 Å². The number of ether oxygens (including phenoxy) is 2. The quantitative estimate of drug-likeness (QED) is 0.737. The summed E-state index contributed by atoms with van der Waals surface area (Å²) >= 11 is 0. The molecule has 1 aliphatic heterocycles. The van der Waals surface area contributed by atoms with Crippen LogP contribution in [0.1, 0.15) is 28.8 Å². The summed E-state index contributed by atoms with van der Waals surface area (Å²) < 4.78 is 10.9. The highest BCUT2D eigenvalue weighted by Gasteiger charge is 2.35. The maximum absolute atomic E-state index is 13.0. The molecule has 1 fully saturated rings. The van der Waals surface area contributed by atoms with E-state index < -0.39 is 0 Å². The number of carbonyl (C=O) groups is 1. The molecule has 1 aromatic heterocycles. The van der Waals surface area contributed by atoms with Gasteiger partial charge in [-0.2, -0.15) is 0 Å². The van der Waals surface area contributed by atoms with E-state index in [1.807, 2.05) is 42.5 Å². The maximum atomic E-state index is 13.0. The summed E-state index contributed by atoms with van der Waals surface area (Å²) in [6, 6.07) is 17.7. The van der Waals surface area contributed by atoms with Gasteiger partial charge in [0.2, 0.25) is 0 Å². The van der Waals surface area contributed by atoms with E-state index in [9.17, 15) is 4.79 Å². The van der Waals surface area contributed by atoms with Crippen LogP contribution in [0.15, 0.2) is 60.8 Å². The lowest BCUT2D eigenvalue weighted by Gasteiger charge is -2.38. The molecule has 4 rings (SSSR count). The van der Waals surface area contributed by atoms with Crippen molar-refractivity contribution in [1.29, 1.82) is 0 Å². The van der Waals surface area contributed by atoms with Crippen molar-refractivity contribution in [3.05, 3.63) is 71.9 Å². The lowest BCUT2D eigenvalue weighted by atomic mass is 9.74. The zero-order valence-electron chi connectivity index (χ0n) is 16.0. The number of aromatic nitrogens is 1. The molecule has 0 saturated carbocycles. The molecule has 3 aromatic rings. The molecule has 28 heavy (non-hydrogen) atoms. The average molecular weight is 376 g/mol. The van der Waals surface area contributed by atoms with Crippen LogP contribution in [0.4, 0.5) is 0 Å². The lowest BCUT2D eigenvalue weighted by Crippen LogP contribution is -2.44. The topological polar surface area (TPSA) is 60.5 Å². The molecule has 0 bridgehead atoms. The maximum Gasteiger partial charge on any atom is 0.253 e. The van der Waals surface area contributed by atoms with Gasteiger partial charge in [-0.3, -0.25) is 9.78 Å². The number of nitrogens with zero attached hydrogens (tertiary/aromatic N) is 1. The van der Waals surface area contributed by atoms with Gasteiger partial charge in [-0.05, 0) is 42.7 Å². The number of pyridine rings is 1. The standard InChI is InChI=1S/C23H24N2O3/c1-27-19-9-7-18(8-10-19)23(11-14-28-15-12-23)16-25-22(26)20-6-2-4-17-5-3-13-24-21(17)20/h2-10,13H,11-12,14-16H2,1H3,(H,25,26). The number of benzene rings is 2. The van der Waals surface area contributed by atoms with Gasteiger partial charge in [0.15, 0.2) is 0 Å². The monoisotopic (exact) mass is 376 g/mol. The zero-order chi connectivity index (χ0) is 19.4. The number of methoxy groups -OCH3 is 1. The molecule has 5 heteroatoms. The van der Waals surface area contributed by atoms with Crippen molar-refractivity contribution in [2.24, 2.45) is 0 Å². The van der Waals surface area contributed by atoms with E-state index in [1.165, 1.54) is 5.56 Å². The van der Waals surface area contributed by atoms with Crippen molar-refractivity contribution in [2.75, 3.05) is 26.9 Å². The molecular formula is C23H24N2O3. The van der Waals surface area contributed by atoms with Gasteiger partial charge in [-0.1, -0.05) is 30.3 Å². The molecule has 5 nitrogen and oxygen atoms in total. The Kier molecular flexibility index (Phi) is 5.26. The Morgan fingerprint density at radius 1 is 1.11 bits per heavy atom. The minimum Gasteiger partial charge on any atom is -0.497 e. The van der Waals surface area contributed by atoms with Gasteiger partial charge >= 0.3 is 0 Å². The van der Waals surface area contributed by atoms with Crippen molar-refractivity contribution >= 4 is 16.8 Å². The first-order chi connectivity index (χ1) is 13.7. The first-order valence-electron chi connectivity index (χ1n) is 9.56. The fraction of sp³-hybridized carbons (Fsp3) is 0.304.